The highest BCUT2D eigenvalue weighted by atomic mass is 32.2. The topological polar surface area (TPSA) is 66.5 Å². The van der Waals surface area contributed by atoms with Crippen molar-refractivity contribution in [1.82, 2.24) is 10.2 Å². The number of sulfone groups is 1. The highest BCUT2D eigenvalue weighted by molar-refractivity contribution is 7.91. The molecule has 1 amide bonds. The maximum Gasteiger partial charge on any atom is 0.226 e. The highest BCUT2D eigenvalue weighted by Crippen LogP contribution is 2.20. The molecule has 0 aromatic rings. The fourth-order valence-corrected chi connectivity index (χ4v) is 4.28. The number of amides is 1. The molecular weight excluding hydrogens is 276 g/mol. The number of hydrogen-bond donors (Lipinski definition) is 1. The quantitative estimate of drug-likeness (QED) is 0.728. The third-order valence-corrected chi connectivity index (χ3v) is 5.56. The van der Waals surface area contributed by atoms with Gasteiger partial charge in [-0.2, -0.15) is 0 Å². The van der Waals surface area contributed by atoms with Gasteiger partial charge in [0.05, 0.1) is 11.5 Å². The Bertz CT molecular complexity index is 409. The zero-order valence-electron chi connectivity index (χ0n) is 12.9. The molecule has 1 N–H and O–H groups in total. The molecule has 1 aliphatic rings. The molecular formula is C14H28N2O3S. The minimum atomic E-state index is -2.95. The Labute approximate surface area is 123 Å². The van der Waals surface area contributed by atoms with E-state index in [0.29, 0.717) is 19.5 Å². The summed E-state index contributed by atoms with van der Waals surface area (Å²) in [6.45, 7) is 8.16. The number of carbonyl (C=O) groups excluding carboxylic acids is 1. The smallest absolute Gasteiger partial charge is 0.226 e. The lowest BCUT2D eigenvalue weighted by atomic mass is 10.1. The number of unbranched alkanes of at least 4 members (excludes halogenated alkanes) is 1. The summed E-state index contributed by atoms with van der Waals surface area (Å²) in [6, 6.07) is -0.122. The largest absolute Gasteiger partial charge is 0.338 e. The average Bonchev–Trinajstić information content (AvgIpc) is 2.76. The Morgan fingerprint density at radius 2 is 2.10 bits per heavy atom. The number of nitrogens with zero attached hydrogens (tertiary/aromatic N) is 1. The van der Waals surface area contributed by atoms with Crippen LogP contribution in [0.15, 0.2) is 0 Å². The van der Waals surface area contributed by atoms with Crippen molar-refractivity contribution in [1.29, 1.82) is 0 Å². The predicted molar refractivity (Wildman–Crippen MR) is 81.4 cm³/mol. The monoisotopic (exact) mass is 304 g/mol. The molecule has 0 aromatic heterocycles. The Hall–Kier alpha value is -0.620. The summed E-state index contributed by atoms with van der Waals surface area (Å²) in [4.78, 5) is 14.4. The van der Waals surface area contributed by atoms with E-state index in [4.69, 9.17) is 0 Å². The van der Waals surface area contributed by atoms with Crippen LogP contribution in [0.5, 0.6) is 0 Å². The van der Waals surface area contributed by atoms with E-state index in [2.05, 4.69) is 12.2 Å². The molecule has 1 rings (SSSR count). The Morgan fingerprint density at radius 1 is 1.40 bits per heavy atom. The number of rotatable bonds is 8. The van der Waals surface area contributed by atoms with Crippen molar-refractivity contribution in [2.75, 3.05) is 31.1 Å². The molecule has 0 aliphatic carbocycles. The van der Waals surface area contributed by atoms with Crippen molar-refractivity contribution >= 4 is 15.7 Å². The molecule has 0 saturated carbocycles. The Balaban J connectivity index is 2.70. The van der Waals surface area contributed by atoms with Gasteiger partial charge in [-0.1, -0.05) is 27.2 Å². The molecule has 5 nitrogen and oxygen atoms in total. The van der Waals surface area contributed by atoms with E-state index in [9.17, 15) is 13.2 Å². The number of carbonyl (C=O) groups is 1. The van der Waals surface area contributed by atoms with Crippen LogP contribution in [0.2, 0.25) is 0 Å². The van der Waals surface area contributed by atoms with E-state index >= 15 is 0 Å². The first-order chi connectivity index (χ1) is 9.41. The van der Waals surface area contributed by atoms with Gasteiger partial charge in [0.25, 0.3) is 0 Å². The van der Waals surface area contributed by atoms with E-state index < -0.39 is 9.84 Å². The Morgan fingerprint density at radius 3 is 2.60 bits per heavy atom. The van der Waals surface area contributed by atoms with Gasteiger partial charge >= 0.3 is 0 Å². The van der Waals surface area contributed by atoms with Crippen LogP contribution in [0.3, 0.4) is 0 Å². The maximum absolute atomic E-state index is 12.5. The van der Waals surface area contributed by atoms with Crippen molar-refractivity contribution in [3.63, 3.8) is 0 Å². The summed E-state index contributed by atoms with van der Waals surface area (Å²) in [6.07, 6.45) is 2.52. The zero-order chi connectivity index (χ0) is 15.2. The van der Waals surface area contributed by atoms with Gasteiger partial charge in [0.15, 0.2) is 9.84 Å². The Kier molecular flexibility index (Phi) is 6.95. The van der Waals surface area contributed by atoms with Gasteiger partial charge in [-0.3, -0.25) is 4.79 Å². The van der Waals surface area contributed by atoms with Crippen LogP contribution in [-0.4, -0.2) is 56.4 Å². The van der Waals surface area contributed by atoms with Crippen molar-refractivity contribution in [3.05, 3.63) is 0 Å². The summed E-state index contributed by atoms with van der Waals surface area (Å²) in [7, 11) is -2.95. The molecule has 6 heteroatoms. The second-order valence-electron chi connectivity index (χ2n) is 5.65. The third kappa shape index (κ3) is 5.05. The van der Waals surface area contributed by atoms with Crippen LogP contribution < -0.4 is 5.32 Å². The van der Waals surface area contributed by atoms with Gasteiger partial charge in [0.1, 0.15) is 0 Å². The van der Waals surface area contributed by atoms with Crippen molar-refractivity contribution in [2.45, 2.75) is 46.1 Å². The fourth-order valence-electron chi connectivity index (χ4n) is 2.55. The van der Waals surface area contributed by atoms with Crippen LogP contribution in [0.25, 0.3) is 0 Å². The molecule has 1 aliphatic heterocycles. The van der Waals surface area contributed by atoms with Crippen LogP contribution in [-0.2, 0) is 14.6 Å². The third-order valence-electron chi connectivity index (χ3n) is 3.81. The van der Waals surface area contributed by atoms with Crippen molar-refractivity contribution < 1.29 is 13.2 Å². The predicted octanol–water partition coefficient (Wildman–Crippen LogP) is 1.05. The van der Waals surface area contributed by atoms with Gasteiger partial charge in [-0.05, 0) is 19.4 Å². The van der Waals surface area contributed by atoms with E-state index in [0.717, 1.165) is 19.4 Å². The van der Waals surface area contributed by atoms with Crippen LogP contribution >= 0.6 is 0 Å². The molecule has 0 aromatic carbocycles. The molecule has 2 unspecified atom stereocenters. The van der Waals surface area contributed by atoms with Gasteiger partial charge < -0.3 is 10.2 Å². The van der Waals surface area contributed by atoms with Crippen LogP contribution in [0.1, 0.15) is 40.0 Å². The number of nitrogens with one attached hydrogen (secondary N) is 1. The average molecular weight is 304 g/mol. The summed E-state index contributed by atoms with van der Waals surface area (Å²) < 4.78 is 23.3. The second kappa shape index (κ2) is 7.98. The fraction of sp³-hybridized carbons (Fsp3) is 0.929. The minimum absolute atomic E-state index is 0.0847. The first kappa shape index (κ1) is 17.4. The molecule has 0 spiro atoms. The van der Waals surface area contributed by atoms with Crippen LogP contribution in [0.4, 0.5) is 0 Å². The molecule has 1 saturated heterocycles. The molecule has 20 heavy (non-hydrogen) atoms. The SMILES string of the molecule is CCCCN(C(=O)C(C)CNCC)C1CCS(=O)(=O)C1. The second-order valence-corrected chi connectivity index (χ2v) is 7.88. The van der Waals surface area contributed by atoms with Gasteiger partial charge in [-0.25, -0.2) is 8.42 Å². The minimum Gasteiger partial charge on any atom is -0.338 e. The molecule has 1 heterocycles. The molecule has 1 fully saturated rings. The molecule has 2 atom stereocenters. The molecule has 0 radical (unpaired) electrons. The van der Waals surface area contributed by atoms with Crippen molar-refractivity contribution in [3.8, 4) is 0 Å². The lowest BCUT2D eigenvalue weighted by Gasteiger charge is -2.31. The van der Waals surface area contributed by atoms with Gasteiger partial charge in [0, 0.05) is 25.0 Å². The lowest BCUT2D eigenvalue weighted by molar-refractivity contribution is -0.136. The zero-order valence-corrected chi connectivity index (χ0v) is 13.7. The van der Waals surface area contributed by atoms with E-state index in [-0.39, 0.29) is 29.4 Å². The summed E-state index contributed by atoms with van der Waals surface area (Å²) >= 11 is 0. The van der Waals surface area contributed by atoms with Crippen LogP contribution in [0, 0.1) is 5.92 Å². The first-order valence-electron chi connectivity index (χ1n) is 7.62. The van der Waals surface area contributed by atoms with E-state index in [1.807, 2.05) is 18.7 Å². The number of hydrogen-bond acceptors (Lipinski definition) is 4. The summed E-state index contributed by atoms with van der Waals surface area (Å²) in [5.41, 5.74) is 0. The summed E-state index contributed by atoms with van der Waals surface area (Å²) in [5, 5.41) is 3.18. The van der Waals surface area contributed by atoms with E-state index in [1.54, 1.807) is 0 Å². The maximum atomic E-state index is 12.5. The molecule has 118 valence electrons. The van der Waals surface area contributed by atoms with Gasteiger partial charge in [-0.15, -0.1) is 0 Å². The highest BCUT2D eigenvalue weighted by Gasteiger charge is 2.35. The molecule has 0 bridgehead atoms. The standard InChI is InChI=1S/C14H28N2O3S/c1-4-6-8-16(13-7-9-20(18,19)11-13)14(17)12(3)10-15-5-2/h12-13,15H,4-11H2,1-3H3. The normalized spacial score (nSPS) is 22.6. The first-order valence-corrected chi connectivity index (χ1v) is 9.45. The lowest BCUT2D eigenvalue weighted by Crippen LogP contribution is -2.46. The summed E-state index contributed by atoms with van der Waals surface area (Å²) in [5.74, 6) is 0.336. The van der Waals surface area contributed by atoms with E-state index in [1.165, 1.54) is 0 Å². The van der Waals surface area contributed by atoms with Crippen molar-refractivity contribution in [2.24, 2.45) is 5.92 Å². The van der Waals surface area contributed by atoms with Gasteiger partial charge in [0.2, 0.25) is 5.91 Å².